The van der Waals surface area contributed by atoms with Gasteiger partial charge in [0, 0.05) is 17.2 Å². The Morgan fingerprint density at radius 1 is 1.07 bits per heavy atom. The number of nitrogens with one attached hydrogen (secondary N) is 1. The lowest BCUT2D eigenvalue weighted by Crippen LogP contribution is -2.39. The topological polar surface area (TPSA) is 98.5 Å². The molecule has 0 radical (unpaired) electrons. The Morgan fingerprint density at radius 2 is 1.68 bits per heavy atom. The Morgan fingerprint density at radius 3 is 2.29 bits per heavy atom. The van der Waals surface area contributed by atoms with E-state index < -0.39 is 22.0 Å². The van der Waals surface area contributed by atoms with Gasteiger partial charge >= 0.3 is 5.97 Å². The molecule has 0 aliphatic rings. The van der Waals surface area contributed by atoms with Gasteiger partial charge in [0.15, 0.2) is 5.76 Å². The quantitative estimate of drug-likeness (QED) is 0.638. The summed E-state index contributed by atoms with van der Waals surface area (Å²) in [5, 5.41) is 4.06. The molecule has 146 valence electrons. The first-order chi connectivity index (χ1) is 13.3. The highest BCUT2D eigenvalue weighted by Crippen LogP contribution is 2.27. The van der Waals surface area contributed by atoms with Crippen LogP contribution in [0.1, 0.15) is 12.5 Å². The minimum Gasteiger partial charge on any atom is -0.468 e. The number of hydrogen-bond donors (Lipinski definition) is 1. The molecule has 3 aromatic rings. The molecule has 1 heterocycles. The molecule has 0 aliphatic heterocycles. The lowest BCUT2D eigenvalue weighted by molar-refractivity contribution is -0.142. The minimum absolute atomic E-state index is 0.0363. The van der Waals surface area contributed by atoms with Crippen molar-refractivity contribution in [2.24, 2.45) is 0 Å². The monoisotopic (exact) mass is 400 g/mol. The summed E-state index contributed by atoms with van der Waals surface area (Å²) in [6.07, 6.45) is 0. The zero-order chi connectivity index (χ0) is 20.3. The largest absolute Gasteiger partial charge is 0.468 e. The number of carbonyl (C=O) groups is 1. The van der Waals surface area contributed by atoms with Gasteiger partial charge < -0.3 is 9.26 Å². The maximum absolute atomic E-state index is 12.4. The molecule has 1 atom stereocenters. The molecule has 1 aromatic heterocycles. The van der Waals surface area contributed by atoms with Crippen LogP contribution in [0.3, 0.4) is 0 Å². The minimum atomic E-state index is -3.85. The Bertz CT molecular complexity index is 1070. The Labute approximate surface area is 163 Å². The van der Waals surface area contributed by atoms with Gasteiger partial charge in [-0.3, -0.25) is 4.79 Å². The van der Waals surface area contributed by atoms with Crippen molar-refractivity contribution >= 4 is 16.0 Å². The summed E-state index contributed by atoms with van der Waals surface area (Å²) in [7, 11) is -2.65. The summed E-state index contributed by atoms with van der Waals surface area (Å²) in [5.74, 6) is -0.0355. The number of sulfonamides is 1. The van der Waals surface area contributed by atoms with Crippen molar-refractivity contribution in [1.29, 1.82) is 0 Å². The van der Waals surface area contributed by atoms with E-state index in [1.807, 2.05) is 31.2 Å². The normalized spacial score (nSPS) is 12.5. The maximum Gasteiger partial charge on any atom is 0.323 e. The number of hydrogen-bond acceptors (Lipinski definition) is 6. The molecule has 0 bridgehead atoms. The zero-order valence-corrected chi connectivity index (χ0v) is 16.5. The van der Waals surface area contributed by atoms with Gasteiger partial charge in [-0.2, -0.15) is 4.72 Å². The lowest BCUT2D eigenvalue weighted by Gasteiger charge is -2.12. The van der Waals surface area contributed by atoms with Gasteiger partial charge in [0.25, 0.3) is 0 Å². The van der Waals surface area contributed by atoms with E-state index in [9.17, 15) is 13.2 Å². The molecule has 8 heteroatoms. The number of nitrogens with zero attached hydrogens (tertiary/aromatic N) is 1. The van der Waals surface area contributed by atoms with Crippen LogP contribution in [-0.2, 0) is 19.6 Å². The molecule has 0 amide bonds. The van der Waals surface area contributed by atoms with Crippen molar-refractivity contribution in [2.75, 3.05) is 7.11 Å². The first-order valence-corrected chi connectivity index (χ1v) is 10.0. The van der Waals surface area contributed by atoms with E-state index in [0.29, 0.717) is 17.0 Å². The van der Waals surface area contributed by atoms with Gasteiger partial charge in [-0.25, -0.2) is 8.42 Å². The highest BCUT2D eigenvalue weighted by atomic mass is 32.2. The van der Waals surface area contributed by atoms with Gasteiger partial charge in [0.1, 0.15) is 11.7 Å². The number of benzene rings is 2. The van der Waals surface area contributed by atoms with Crippen molar-refractivity contribution < 1.29 is 22.5 Å². The molecule has 7 nitrogen and oxygen atoms in total. The first kappa shape index (κ1) is 19.8. The summed E-state index contributed by atoms with van der Waals surface area (Å²) < 4.78 is 37.0. The summed E-state index contributed by atoms with van der Waals surface area (Å²) in [6, 6.07) is 14.8. The highest BCUT2D eigenvalue weighted by molar-refractivity contribution is 7.89. The number of ether oxygens (including phenoxy) is 1. The van der Waals surface area contributed by atoms with E-state index in [1.165, 1.54) is 26.2 Å². The van der Waals surface area contributed by atoms with Crippen molar-refractivity contribution in [3.05, 3.63) is 60.2 Å². The fourth-order valence-electron chi connectivity index (χ4n) is 2.60. The predicted octanol–water partition coefficient (Wildman–Crippen LogP) is 3.16. The average molecular weight is 400 g/mol. The molecule has 0 spiro atoms. The lowest BCUT2D eigenvalue weighted by atomic mass is 10.1. The van der Waals surface area contributed by atoms with Gasteiger partial charge in [-0.15, -0.1) is 0 Å². The molecule has 3 rings (SSSR count). The fraction of sp³-hybridized carbons (Fsp3) is 0.200. The number of carbonyl (C=O) groups excluding carboxylic acids is 1. The van der Waals surface area contributed by atoms with E-state index in [4.69, 9.17) is 4.52 Å². The van der Waals surface area contributed by atoms with Crippen LogP contribution >= 0.6 is 0 Å². The Kier molecular flexibility index (Phi) is 5.62. The molecule has 1 N–H and O–H groups in total. The number of methoxy groups -OCH3 is 1. The van der Waals surface area contributed by atoms with E-state index in [-0.39, 0.29) is 4.90 Å². The summed E-state index contributed by atoms with van der Waals surface area (Å²) in [4.78, 5) is 11.5. The second-order valence-electron chi connectivity index (χ2n) is 6.33. The van der Waals surface area contributed by atoms with Gasteiger partial charge in [-0.05, 0) is 26.0 Å². The second kappa shape index (κ2) is 7.95. The SMILES string of the molecule is COC(=O)[C@@H](C)NS(=O)(=O)c1ccc(-c2cc(-c3ccc(C)cc3)on2)cc1. The number of aryl methyl sites for hydroxylation is 1. The van der Waals surface area contributed by atoms with Crippen molar-refractivity contribution in [2.45, 2.75) is 24.8 Å². The van der Waals surface area contributed by atoms with Crippen LogP contribution in [0, 0.1) is 6.92 Å². The van der Waals surface area contributed by atoms with Crippen LogP contribution < -0.4 is 4.72 Å². The number of rotatable bonds is 6. The van der Waals surface area contributed by atoms with Crippen LogP contribution in [0.5, 0.6) is 0 Å². The molecule has 0 fully saturated rings. The molecule has 2 aromatic carbocycles. The van der Waals surface area contributed by atoms with E-state index >= 15 is 0 Å². The van der Waals surface area contributed by atoms with Crippen molar-refractivity contribution in [1.82, 2.24) is 9.88 Å². The van der Waals surface area contributed by atoms with Crippen molar-refractivity contribution in [3.63, 3.8) is 0 Å². The van der Waals surface area contributed by atoms with Crippen LogP contribution in [0.25, 0.3) is 22.6 Å². The fourth-order valence-corrected chi connectivity index (χ4v) is 3.79. The molecule has 0 aliphatic carbocycles. The van der Waals surface area contributed by atoms with Gasteiger partial charge in [0.05, 0.1) is 12.0 Å². The molecular formula is C20H20N2O5S. The number of esters is 1. The maximum atomic E-state index is 12.4. The highest BCUT2D eigenvalue weighted by Gasteiger charge is 2.22. The third-order valence-electron chi connectivity index (χ3n) is 4.19. The summed E-state index contributed by atoms with van der Waals surface area (Å²) in [5.41, 5.74) is 3.36. The molecular weight excluding hydrogens is 380 g/mol. The molecule has 0 unspecified atom stereocenters. The standard InChI is InChI=1S/C20H20N2O5S/c1-13-4-6-16(7-5-13)19-12-18(21-27-19)15-8-10-17(11-9-15)28(24,25)22-14(2)20(23)26-3/h4-12,14,22H,1-3H3/t14-/m1/s1. The summed E-state index contributed by atoms with van der Waals surface area (Å²) >= 11 is 0. The van der Waals surface area contributed by atoms with Gasteiger partial charge in [0.2, 0.25) is 10.0 Å². The molecule has 28 heavy (non-hydrogen) atoms. The third-order valence-corrected chi connectivity index (χ3v) is 5.75. The van der Waals surface area contributed by atoms with E-state index in [2.05, 4.69) is 14.6 Å². The smallest absolute Gasteiger partial charge is 0.323 e. The van der Waals surface area contributed by atoms with Crippen LogP contribution in [-0.4, -0.2) is 32.7 Å². The number of aromatic nitrogens is 1. The van der Waals surface area contributed by atoms with E-state index in [1.54, 1.807) is 18.2 Å². The van der Waals surface area contributed by atoms with Gasteiger partial charge in [-0.1, -0.05) is 47.1 Å². The third kappa shape index (κ3) is 4.29. The Hall–Kier alpha value is -2.97. The zero-order valence-electron chi connectivity index (χ0n) is 15.7. The van der Waals surface area contributed by atoms with Crippen LogP contribution in [0.2, 0.25) is 0 Å². The molecule has 0 saturated heterocycles. The average Bonchev–Trinajstić information content (AvgIpc) is 3.18. The molecule has 0 saturated carbocycles. The Balaban J connectivity index is 1.79. The summed E-state index contributed by atoms with van der Waals surface area (Å²) in [6.45, 7) is 3.42. The predicted molar refractivity (Wildman–Crippen MR) is 104 cm³/mol. The first-order valence-electron chi connectivity index (χ1n) is 8.54. The van der Waals surface area contributed by atoms with Crippen LogP contribution in [0.15, 0.2) is 64.0 Å². The second-order valence-corrected chi connectivity index (χ2v) is 8.05. The van der Waals surface area contributed by atoms with Crippen LogP contribution in [0.4, 0.5) is 0 Å². The van der Waals surface area contributed by atoms with Crippen molar-refractivity contribution in [3.8, 4) is 22.6 Å². The van der Waals surface area contributed by atoms with E-state index in [0.717, 1.165) is 11.1 Å².